The van der Waals surface area contributed by atoms with E-state index in [0.717, 1.165) is 51.4 Å². The highest BCUT2D eigenvalue weighted by Crippen LogP contribution is 2.20. The molecule has 0 aliphatic rings. The van der Waals surface area contributed by atoms with Crippen LogP contribution in [0.5, 0.6) is 0 Å². The highest BCUT2D eigenvalue weighted by atomic mass is 16.5. The minimum absolute atomic E-state index is 0.0828. The number of carbonyl (C=O) groups excluding carboxylic acids is 2. The molecule has 0 rings (SSSR count). The summed E-state index contributed by atoms with van der Waals surface area (Å²) >= 11 is 0. The molecule has 0 saturated heterocycles. The first-order valence-electron chi connectivity index (χ1n) is 31.9. The minimum atomic E-state index is -0.785. The summed E-state index contributed by atoms with van der Waals surface area (Å²) in [5.74, 6) is -0.455. The van der Waals surface area contributed by atoms with Crippen LogP contribution in [0.3, 0.4) is 0 Å². The third-order valence-electron chi connectivity index (χ3n) is 15.1. The molecule has 3 atom stereocenters. The van der Waals surface area contributed by atoms with Crippen LogP contribution in [0.25, 0.3) is 0 Å². The molecule has 0 heterocycles. The van der Waals surface area contributed by atoms with E-state index in [9.17, 15) is 19.8 Å². The van der Waals surface area contributed by atoms with Gasteiger partial charge in [0.25, 0.3) is 0 Å². The number of allylic oxidation sites excluding steroid dienone is 2. The highest BCUT2D eigenvalue weighted by Gasteiger charge is 2.24. The van der Waals surface area contributed by atoms with Gasteiger partial charge in [-0.15, -0.1) is 0 Å². The van der Waals surface area contributed by atoms with Crippen molar-refractivity contribution in [3.63, 3.8) is 0 Å². The van der Waals surface area contributed by atoms with Crippen LogP contribution >= 0.6 is 0 Å². The lowest BCUT2D eigenvalue weighted by Gasteiger charge is -2.24. The van der Waals surface area contributed by atoms with Crippen LogP contribution in [0.15, 0.2) is 12.2 Å². The molecule has 0 aromatic rings. The molecule has 0 aromatic heterocycles. The van der Waals surface area contributed by atoms with Crippen molar-refractivity contribution in [3.05, 3.63) is 12.2 Å². The maximum atomic E-state index is 13.3. The summed E-state index contributed by atoms with van der Waals surface area (Å²) in [6.07, 6.45) is 68.6. The lowest BCUT2D eigenvalue weighted by molar-refractivity contribution is -0.151. The largest absolute Gasteiger partial charge is 0.462 e. The number of carbonyl (C=O) groups is 2. The molecule has 416 valence electrons. The van der Waals surface area contributed by atoms with E-state index in [-0.39, 0.29) is 24.9 Å². The van der Waals surface area contributed by atoms with E-state index in [4.69, 9.17) is 4.74 Å². The molecule has 6 nitrogen and oxygen atoms in total. The normalized spacial score (nSPS) is 13.0. The van der Waals surface area contributed by atoms with Gasteiger partial charge in [0, 0.05) is 6.42 Å². The number of aliphatic hydroxyl groups excluding tert-OH is 2. The Bertz CT molecular complexity index is 1060. The molecular weight excluding hydrogens is 863 g/mol. The van der Waals surface area contributed by atoms with E-state index in [1.165, 1.54) is 263 Å². The fraction of sp³-hybridized carbons (Fsp3) is 0.938. The number of rotatable bonds is 59. The fourth-order valence-corrected chi connectivity index (χ4v) is 10.3. The Kier molecular flexibility index (Phi) is 57.3. The van der Waals surface area contributed by atoms with E-state index >= 15 is 0 Å². The molecule has 0 aliphatic heterocycles. The number of amides is 1. The average Bonchev–Trinajstić information content (AvgIpc) is 3.35. The van der Waals surface area contributed by atoms with Crippen molar-refractivity contribution < 1.29 is 24.5 Å². The zero-order chi connectivity index (χ0) is 50.9. The molecule has 0 aliphatic carbocycles. The van der Waals surface area contributed by atoms with E-state index in [1.807, 2.05) is 0 Å². The highest BCUT2D eigenvalue weighted by molar-refractivity contribution is 5.77. The van der Waals surface area contributed by atoms with Gasteiger partial charge in [-0.2, -0.15) is 0 Å². The molecule has 70 heavy (non-hydrogen) atoms. The van der Waals surface area contributed by atoms with Crippen molar-refractivity contribution in [2.45, 2.75) is 379 Å². The quantitative estimate of drug-likeness (QED) is 0.0321. The van der Waals surface area contributed by atoms with E-state index in [0.29, 0.717) is 19.3 Å². The van der Waals surface area contributed by atoms with Crippen molar-refractivity contribution in [1.82, 2.24) is 5.32 Å². The summed E-state index contributed by atoms with van der Waals surface area (Å²) in [4.78, 5) is 26.4. The number of ether oxygens (including phenoxy) is 1. The van der Waals surface area contributed by atoms with Gasteiger partial charge in [-0.3, -0.25) is 9.59 Å². The van der Waals surface area contributed by atoms with Gasteiger partial charge < -0.3 is 20.3 Å². The van der Waals surface area contributed by atoms with Gasteiger partial charge in [-0.25, -0.2) is 0 Å². The van der Waals surface area contributed by atoms with Gasteiger partial charge in [0.1, 0.15) is 6.10 Å². The van der Waals surface area contributed by atoms with Gasteiger partial charge >= 0.3 is 5.97 Å². The molecular formula is C64H125NO5. The Morgan fingerprint density at radius 3 is 1.01 bits per heavy atom. The standard InChI is InChI=1S/C64H125NO5/c1-4-7-10-13-16-19-22-25-28-31-33-36-39-42-45-48-51-54-57-64(69)70-60(55-52-49-46-43-40-37-34-32-29-26-23-20-17-14-11-8-5-2)58-63(68)65-61(59-66)62(67)56-53-50-47-44-41-38-35-30-27-24-21-18-15-12-9-6-3/h33,36,60-62,66-67H,4-32,34-35,37-59H2,1-3H3,(H,65,68)/b36-33+. The molecule has 0 fully saturated rings. The second-order valence-corrected chi connectivity index (χ2v) is 22.2. The SMILES string of the molecule is CCCCCCCCCCC/C=C/CCCCCCCC(=O)OC(CCCCCCCCCCCCCCCCCCC)CC(=O)NC(CO)C(O)CCCCCCCCCCCCCCCCCC. The summed E-state index contributed by atoms with van der Waals surface area (Å²) in [6.45, 7) is 6.55. The van der Waals surface area contributed by atoms with E-state index in [2.05, 4.69) is 38.2 Å². The van der Waals surface area contributed by atoms with Crippen molar-refractivity contribution in [2.24, 2.45) is 0 Å². The Morgan fingerprint density at radius 1 is 0.400 bits per heavy atom. The van der Waals surface area contributed by atoms with Crippen LogP contribution in [0.4, 0.5) is 0 Å². The van der Waals surface area contributed by atoms with Crippen LogP contribution in [-0.4, -0.2) is 46.9 Å². The maximum Gasteiger partial charge on any atom is 0.306 e. The smallest absolute Gasteiger partial charge is 0.306 e. The maximum absolute atomic E-state index is 13.3. The molecule has 3 unspecified atom stereocenters. The van der Waals surface area contributed by atoms with Crippen LogP contribution in [0.2, 0.25) is 0 Å². The van der Waals surface area contributed by atoms with Crippen LogP contribution < -0.4 is 5.32 Å². The molecule has 0 spiro atoms. The molecule has 0 bridgehead atoms. The lowest BCUT2D eigenvalue weighted by Crippen LogP contribution is -2.46. The van der Waals surface area contributed by atoms with Crippen LogP contribution in [0.1, 0.15) is 361 Å². The van der Waals surface area contributed by atoms with Crippen molar-refractivity contribution in [2.75, 3.05) is 6.61 Å². The van der Waals surface area contributed by atoms with Crippen molar-refractivity contribution in [1.29, 1.82) is 0 Å². The Labute approximate surface area is 438 Å². The molecule has 6 heteroatoms. The lowest BCUT2D eigenvalue weighted by atomic mass is 10.0. The van der Waals surface area contributed by atoms with E-state index in [1.54, 1.807) is 0 Å². The Morgan fingerprint density at radius 2 is 0.686 bits per heavy atom. The van der Waals surface area contributed by atoms with Gasteiger partial charge in [-0.05, 0) is 51.4 Å². The van der Waals surface area contributed by atoms with Gasteiger partial charge in [-0.1, -0.05) is 309 Å². The first-order chi connectivity index (χ1) is 34.5. The third-order valence-corrected chi connectivity index (χ3v) is 15.1. The molecule has 0 radical (unpaired) electrons. The summed E-state index contributed by atoms with van der Waals surface area (Å²) in [5, 5.41) is 24.0. The number of hydrogen-bond acceptors (Lipinski definition) is 5. The predicted molar refractivity (Wildman–Crippen MR) is 306 cm³/mol. The third kappa shape index (κ3) is 52.9. The number of unbranched alkanes of at least 4 members (excludes halogenated alkanes) is 45. The first kappa shape index (κ1) is 68.6. The van der Waals surface area contributed by atoms with Crippen LogP contribution in [0, 0.1) is 0 Å². The number of esters is 1. The summed E-state index contributed by atoms with van der Waals surface area (Å²) in [5.41, 5.74) is 0. The fourth-order valence-electron chi connectivity index (χ4n) is 10.3. The number of aliphatic hydroxyl groups is 2. The molecule has 0 saturated carbocycles. The van der Waals surface area contributed by atoms with Gasteiger partial charge in [0.15, 0.2) is 0 Å². The van der Waals surface area contributed by atoms with E-state index < -0.39 is 18.2 Å². The van der Waals surface area contributed by atoms with Crippen molar-refractivity contribution in [3.8, 4) is 0 Å². The predicted octanol–water partition coefficient (Wildman–Crippen LogP) is 20.0. The summed E-state index contributed by atoms with van der Waals surface area (Å²) in [6, 6.07) is -0.698. The van der Waals surface area contributed by atoms with Crippen molar-refractivity contribution >= 4 is 11.9 Å². The average molecular weight is 989 g/mol. The Hall–Kier alpha value is -1.40. The van der Waals surface area contributed by atoms with Crippen LogP contribution in [-0.2, 0) is 14.3 Å². The molecule has 0 aromatic carbocycles. The molecule has 1 amide bonds. The minimum Gasteiger partial charge on any atom is -0.462 e. The second kappa shape index (κ2) is 58.5. The first-order valence-corrected chi connectivity index (χ1v) is 31.9. The zero-order valence-corrected chi connectivity index (χ0v) is 47.7. The topological polar surface area (TPSA) is 95.9 Å². The molecule has 3 N–H and O–H groups in total. The number of hydrogen-bond donors (Lipinski definition) is 3. The zero-order valence-electron chi connectivity index (χ0n) is 47.7. The Balaban J connectivity index is 4.50. The van der Waals surface area contributed by atoms with Gasteiger partial charge in [0.2, 0.25) is 5.91 Å². The van der Waals surface area contributed by atoms with Gasteiger partial charge in [0.05, 0.1) is 25.2 Å². The number of nitrogens with one attached hydrogen (secondary N) is 1. The monoisotopic (exact) mass is 988 g/mol. The summed E-state index contributed by atoms with van der Waals surface area (Å²) < 4.78 is 5.99. The summed E-state index contributed by atoms with van der Waals surface area (Å²) in [7, 11) is 0. The second-order valence-electron chi connectivity index (χ2n) is 22.2.